The first-order valence-electron chi connectivity index (χ1n) is 9.04. The van der Waals surface area contributed by atoms with Crippen LogP contribution in [0.3, 0.4) is 0 Å². The fraction of sp³-hybridized carbons (Fsp3) is 0.316. The van der Waals surface area contributed by atoms with E-state index in [4.69, 9.17) is 4.52 Å². The topological polar surface area (TPSA) is 78.7 Å². The first kappa shape index (κ1) is 19.1. The van der Waals surface area contributed by atoms with Crippen molar-refractivity contribution in [2.24, 2.45) is 0 Å². The van der Waals surface area contributed by atoms with E-state index >= 15 is 0 Å². The van der Waals surface area contributed by atoms with Gasteiger partial charge in [0.25, 0.3) is 0 Å². The fourth-order valence-electron chi connectivity index (χ4n) is 3.08. The van der Waals surface area contributed by atoms with E-state index in [1.54, 1.807) is 18.2 Å². The summed E-state index contributed by atoms with van der Waals surface area (Å²) in [6, 6.07) is 13.1. The van der Waals surface area contributed by atoms with Crippen LogP contribution < -0.4 is 9.62 Å². The monoisotopic (exact) mass is 418 g/mol. The standard InChI is InChI=1S/C19H22N4O3S2/c1-22-10-12-23(13-11-22)16-4-2-15(3-5-16)14-21-28(24,25)19-7-6-18(27-19)17-8-9-20-26-17/h2-9,21H,10-14H2,1H3. The highest BCUT2D eigenvalue weighted by atomic mass is 32.2. The van der Waals surface area contributed by atoms with E-state index in [0.717, 1.165) is 48.0 Å². The van der Waals surface area contributed by atoms with Crippen molar-refractivity contribution in [2.75, 3.05) is 38.1 Å². The number of hydrogen-bond donors (Lipinski definition) is 1. The highest BCUT2D eigenvalue weighted by Crippen LogP contribution is 2.30. The van der Waals surface area contributed by atoms with Gasteiger partial charge in [0, 0.05) is 44.5 Å². The van der Waals surface area contributed by atoms with Crippen molar-refractivity contribution in [2.45, 2.75) is 10.8 Å². The van der Waals surface area contributed by atoms with Crippen LogP contribution in [-0.4, -0.2) is 51.7 Å². The Labute approximate surface area is 168 Å². The summed E-state index contributed by atoms with van der Waals surface area (Å²) < 4.78 is 33.2. The summed E-state index contributed by atoms with van der Waals surface area (Å²) in [5.41, 5.74) is 2.10. The summed E-state index contributed by atoms with van der Waals surface area (Å²) in [7, 11) is -1.44. The molecule has 0 atom stereocenters. The molecule has 0 unspecified atom stereocenters. The van der Waals surface area contributed by atoms with E-state index in [-0.39, 0.29) is 10.8 Å². The first-order valence-corrected chi connectivity index (χ1v) is 11.3. The van der Waals surface area contributed by atoms with E-state index in [1.807, 2.05) is 12.1 Å². The maximum absolute atomic E-state index is 12.6. The molecular weight excluding hydrogens is 396 g/mol. The molecule has 1 aliphatic rings. The van der Waals surface area contributed by atoms with Gasteiger partial charge in [-0.3, -0.25) is 0 Å². The molecule has 0 radical (unpaired) electrons. The number of benzene rings is 1. The summed E-state index contributed by atoms with van der Waals surface area (Å²) in [5.74, 6) is 0.561. The van der Waals surface area contributed by atoms with Crippen LogP contribution >= 0.6 is 11.3 Å². The Morgan fingerprint density at radius 2 is 1.82 bits per heavy atom. The lowest BCUT2D eigenvalue weighted by Gasteiger charge is -2.34. The maximum Gasteiger partial charge on any atom is 0.250 e. The molecule has 1 N–H and O–H groups in total. The minimum Gasteiger partial charge on any atom is -0.369 e. The van der Waals surface area contributed by atoms with Gasteiger partial charge in [0.15, 0.2) is 5.76 Å². The molecule has 0 amide bonds. The summed E-state index contributed by atoms with van der Waals surface area (Å²) in [5, 5.41) is 3.65. The summed E-state index contributed by atoms with van der Waals surface area (Å²) in [4.78, 5) is 5.40. The molecule has 9 heteroatoms. The second-order valence-corrected chi connectivity index (χ2v) is 9.85. The van der Waals surface area contributed by atoms with Gasteiger partial charge in [-0.1, -0.05) is 17.3 Å². The Balaban J connectivity index is 1.38. The predicted molar refractivity (Wildman–Crippen MR) is 110 cm³/mol. The molecule has 3 heterocycles. The largest absolute Gasteiger partial charge is 0.369 e. The summed E-state index contributed by atoms with van der Waals surface area (Å²) >= 11 is 1.16. The number of anilines is 1. The number of likely N-dealkylation sites (N-methyl/N-ethyl adjacent to an activating group) is 1. The minimum atomic E-state index is -3.57. The van der Waals surface area contributed by atoms with Gasteiger partial charge in [-0.25, -0.2) is 13.1 Å². The van der Waals surface area contributed by atoms with Crippen molar-refractivity contribution < 1.29 is 12.9 Å². The molecule has 7 nitrogen and oxygen atoms in total. The lowest BCUT2D eigenvalue weighted by Crippen LogP contribution is -2.44. The van der Waals surface area contributed by atoms with Gasteiger partial charge in [-0.15, -0.1) is 11.3 Å². The first-order chi connectivity index (χ1) is 13.5. The lowest BCUT2D eigenvalue weighted by molar-refractivity contribution is 0.313. The number of nitrogens with one attached hydrogen (secondary N) is 1. The molecule has 0 spiro atoms. The highest BCUT2D eigenvalue weighted by Gasteiger charge is 2.18. The van der Waals surface area contributed by atoms with Gasteiger partial charge in [0.1, 0.15) is 4.21 Å². The number of thiophene rings is 1. The van der Waals surface area contributed by atoms with E-state index in [0.29, 0.717) is 5.76 Å². The van der Waals surface area contributed by atoms with Gasteiger partial charge in [0.05, 0.1) is 11.1 Å². The Morgan fingerprint density at radius 1 is 1.07 bits per heavy atom. The lowest BCUT2D eigenvalue weighted by atomic mass is 10.2. The Hall–Kier alpha value is -2.20. The fourth-order valence-corrected chi connectivity index (χ4v) is 5.40. The van der Waals surface area contributed by atoms with Crippen LogP contribution in [0.4, 0.5) is 5.69 Å². The number of rotatable bonds is 6. The van der Waals surface area contributed by atoms with Crippen LogP contribution in [0.1, 0.15) is 5.56 Å². The number of nitrogens with zero attached hydrogens (tertiary/aromatic N) is 3. The van der Waals surface area contributed by atoms with Crippen LogP contribution in [0.2, 0.25) is 0 Å². The molecule has 28 heavy (non-hydrogen) atoms. The minimum absolute atomic E-state index is 0.251. The number of piperazine rings is 1. The molecule has 2 aromatic heterocycles. The van der Waals surface area contributed by atoms with Crippen molar-refractivity contribution >= 4 is 27.0 Å². The number of aromatic nitrogens is 1. The molecule has 1 aliphatic heterocycles. The van der Waals surface area contributed by atoms with E-state index in [9.17, 15) is 8.42 Å². The van der Waals surface area contributed by atoms with E-state index in [2.05, 4.69) is 38.9 Å². The SMILES string of the molecule is CN1CCN(c2ccc(CNS(=O)(=O)c3ccc(-c4ccno4)s3)cc2)CC1. The number of sulfonamides is 1. The van der Waals surface area contributed by atoms with E-state index in [1.165, 1.54) is 11.9 Å². The average Bonchev–Trinajstić information content (AvgIpc) is 3.39. The normalized spacial score (nSPS) is 15.8. The second-order valence-electron chi connectivity index (χ2n) is 6.78. The second kappa shape index (κ2) is 8.04. The van der Waals surface area contributed by atoms with Gasteiger partial charge in [-0.05, 0) is 36.9 Å². The molecule has 148 valence electrons. The predicted octanol–water partition coefficient (Wildman–Crippen LogP) is 2.63. The van der Waals surface area contributed by atoms with Crippen LogP contribution in [0.25, 0.3) is 10.6 Å². The van der Waals surface area contributed by atoms with Gasteiger partial charge in [0.2, 0.25) is 10.0 Å². The average molecular weight is 419 g/mol. The van der Waals surface area contributed by atoms with Crippen LogP contribution in [0, 0.1) is 0 Å². The third-order valence-electron chi connectivity index (χ3n) is 4.80. The summed E-state index contributed by atoms with van der Waals surface area (Å²) in [6.07, 6.45) is 1.54. The molecule has 0 bridgehead atoms. The maximum atomic E-state index is 12.6. The smallest absolute Gasteiger partial charge is 0.250 e. The molecule has 1 aromatic carbocycles. The zero-order chi connectivity index (χ0) is 19.6. The van der Waals surface area contributed by atoms with Crippen LogP contribution in [-0.2, 0) is 16.6 Å². The molecular formula is C19H22N4O3S2. The molecule has 0 aliphatic carbocycles. The Kier molecular flexibility index (Phi) is 5.49. The summed E-state index contributed by atoms with van der Waals surface area (Å²) in [6.45, 7) is 4.38. The zero-order valence-corrected chi connectivity index (χ0v) is 17.2. The van der Waals surface area contributed by atoms with Crippen molar-refractivity contribution in [1.82, 2.24) is 14.8 Å². The highest BCUT2D eigenvalue weighted by molar-refractivity contribution is 7.91. The third kappa shape index (κ3) is 4.27. The van der Waals surface area contributed by atoms with Gasteiger partial charge in [-0.2, -0.15) is 0 Å². The molecule has 1 saturated heterocycles. The van der Waals surface area contributed by atoms with Gasteiger partial charge >= 0.3 is 0 Å². The molecule has 3 aromatic rings. The van der Waals surface area contributed by atoms with Crippen LogP contribution in [0.15, 0.2) is 57.4 Å². The van der Waals surface area contributed by atoms with Crippen molar-refractivity contribution in [3.05, 3.63) is 54.2 Å². The third-order valence-corrected chi connectivity index (χ3v) is 7.79. The molecule has 0 saturated carbocycles. The Morgan fingerprint density at radius 3 is 2.50 bits per heavy atom. The van der Waals surface area contributed by atoms with Crippen molar-refractivity contribution in [3.63, 3.8) is 0 Å². The van der Waals surface area contributed by atoms with Gasteiger partial charge < -0.3 is 14.3 Å². The number of hydrogen-bond acceptors (Lipinski definition) is 7. The van der Waals surface area contributed by atoms with Crippen LogP contribution in [0.5, 0.6) is 0 Å². The van der Waals surface area contributed by atoms with E-state index < -0.39 is 10.0 Å². The van der Waals surface area contributed by atoms with Crippen molar-refractivity contribution in [3.8, 4) is 10.6 Å². The molecule has 1 fully saturated rings. The Bertz CT molecular complexity index is 1010. The zero-order valence-electron chi connectivity index (χ0n) is 15.5. The van der Waals surface area contributed by atoms with Crippen molar-refractivity contribution in [1.29, 1.82) is 0 Å². The molecule has 4 rings (SSSR count). The quantitative estimate of drug-likeness (QED) is 0.663.